The summed E-state index contributed by atoms with van der Waals surface area (Å²) in [6.07, 6.45) is 0.643. The molecule has 3 rings (SSSR count). The molecule has 1 heterocycles. The number of aromatic nitrogens is 1. The van der Waals surface area contributed by atoms with Crippen molar-refractivity contribution in [2.24, 2.45) is 0 Å². The zero-order valence-corrected chi connectivity index (χ0v) is 16.1. The van der Waals surface area contributed by atoms with E-state index in [1.165, 1.54) is 11.3 Å². The van der Waals surface area contributed by atoms with Gasteiger partial charge in [-0.15, -0.1) is 11.3 Å². The zero-order valence-electron chi connectivity index (χ0n) is 15.3. The smallest absolute Gasteiger partial charge is 0.325 e. The molecule has 0 aliphatic rings. The van der Waals surface area contributed by atoms with Crippen LogP contribution in [0.2, 0.25) is 0 Å². The number of ether oxygens (including phenoxy) is 1. The van der Waals surface area contributed by atoms with Crippen molar-refractivity contribution in [3.63, 3.8) is 0 Å². The first kappa shape index (κ1) is 19.4. The Labute approximate surface area is 166 Å². The number of rotatable bonds is 7. The summed E-state index contributed by atoms with van der Waals surface area (Å²) in [6, 6.07) is 16.3. The average Bonchev–Trinajstić information content (AvgIpc) is 3.17. The maximum absolute atomic E-state index is 12.3. The third-order valence-electron chi connectivity index (χ3n) is 3.86. The Hall–Kier alpha value is -3.39. The van der Waals surface area contributed by atoms with Crippen LogP contribution in [0.5, 0.6) is 5.75 Å². The van der Waals surface area contributed by atoms with Crippen molar-refractivity contribution in [3.8, 4) is 5.75 Å². The van der Waals surface area contributed by atoms with Crippen LogP contribution >= 0.6 is 11.3 Å². The van der Waals surface area contributed by atoms with Gasteiger partial charge in [-0.1, -0.05) is 36.4 Å². The van der Waals surface area contributed by atoms with Crippen molar-refractivity contribution < 1.29 is 14.3 Å². The first-order valence-electron chi connectivity index (χ1n) is 8.64. The standard InChI is InChI=1S/C20H20N4O3S/c1-27-17-10-6-5-7-14(17)11-12-21-18(25)16-13-28-20(23-16)24-19(26)22-15-8-3-2-4-9-15/h2-10,13H,11-12H2,1H3,(H,21,25)(H2,22,23,24,26). The lowest BCUT2D eigenvalue weighted by Gasteiger charge is -2.08. The van der Waals surface area contributed by atoms with Crippen LogP contribution in [-0.2, 0) is 6.42 Å². The fraction of sp³-hybridized carbons (Fsp3) is 0.150. The van der Waals surface area contributed by atoms with Crippen molar-refractivity contribution in [3.05, 3.63) is 71.2 Å². The van der Waals surface area contributed by atoms with Gasteiger partial charge in [0.15, 0.2) is 5.13 Å². The molecule has 0 unspecified atom stereocenters. The Bertz CT molecular complexity index is 943. The van der Waals surface area contributed by atoms with E-state index < -0.39 is 6.03 Å². The number of amides is 3. The summed E-state index contributed by atoms with van der Waals surface area (Å²) in [6.45, 7) is 0.452. The van der Waals surface area contributed by atoms with Gasteiger partial charge >= 0.3 is 6.03 Å². The van der Waals surface area contributed by atoms with E-state index in [2.05, 4.69) is 20.9 Å². The molecule has 3 N–H and O–H groups in total. The Morgan fingerprint density at radius 2 is 1.79 bits per heavy atom. The van der Waals surface area contributed by atoms with E-state index in [4.69, 9.17) is 4.74 Å². The van der Waals surface area contributed by atoms with Gasteiger partial charge in [0.1, 0.15) is 11.4 Å². The minimum absolute atomic E-state index is 0.264. The molecule has 0 fully saturated rings. The second kappa shape index (κ2) is 9.52. The number of carbonyl (C=O) groups is 2. The zero-order chi connectivity index (χ0) is 19.8. The molecule has 0 atom stereocenters. The van der Waals surface area contributed by atoms with Gasteiger partial charge in [0, 0.05) is 17.6 Å². The van der Waals surface area contributed by atoms with Gasteiger partial charge in [-0.05, 0) is 30.2 Å². The Kier molecular flexibility index (Phi) is 6.59. The minimum atomic E-state index is -0.413. The number of hydrogen-bond donors (Lipinski definition) is 3. The molecule has 3 amide bonds. The number of urea groups is 1. The van der Waals surface area contributed by atoms with Gasteiger partial charge < -0.3 is 15.4 Å². The molecule has 0 saturated heterocycles. The second-order valence-corrected chi connectivity index (χ2v) is 6.66. The van der Waals surface area contributed by atoms with Crippen LogP contribution in [0.25, 0.3) is 0 Å². The lowest BCUT2D eigenvalue weighted by molar-refractivity contribution is 0.0950. The number of anilines is 2. The summed E-state index contributed by atoms with van der Waals surface area (Å²) in [4.78, 5) is 28.4. The predicted molar refractivity (Wildman–Crippen MR) is 110 cm³/mol. The molecular weight excluding hydrogens is 376 g/mol. The highest BCUT2D eigenvalue weighted by atomic mass is 32.1. The number of carbonyl (C=O) groups excluding carboxylic acids is 2. The highest BCUT2D eigenvalue weighted by molar-refractivity contribution is 7.14. The van der Waals surface area contributed by atoms with Crippen molar-refractivity contribution in [2.45, 2.75) is 6.42 Å². The van der Waals surface area contributed by atoms with Gasteiger partial charge in [-0.3, -0.25) is 10.1 Å². The summed E-state index contributed by atoms with van der Waals surface area (Å²) in [5.41, 5.74) is 1.95. The third kappa shape index (κ3) is 5.31. The molecular formula is C20H20N4O3S. The van der Waals surface area contributed by atoms with Gasteiger partial charge in [0.05, 0.1) is 7.11 Å². The van der Waals surface area contributed by atoms with Crippen LogP contribution < -0.4 is 20.7 Å². The summed E-state index contributed by atoms with van der Waals surface area (Å²) >= 11 is 1.19. The number of benzene rings is 2. The molecule has 0 saturated carbocycles. The molecule has 7 nitrogen and oxygen atoms in total. The van der Waals surface area contributed by atoms with Gasteiger partial charge in [-0.2, -0.15) is 0 Å². The fourth-order valence-corrected chi connectivity index (χ4v) is 3.21. The van der Waals surface area contributed by atoms with Crippen molar-refractivity contribution in [2.75, 3.05) is 24.3 Å². The van der Waals surface area contributed by atoms with Crippen LogP contribution in [0.15, 0.2) is 60.0 Å². The second-order valence-electron chi connectivity index (χ2n) is 5.80. The Morgan fingerprint density at radius 3 is 2.57 bits per heavy atom. The Morgan fingerprint density at radius 1 is 1.04 bits per heavy atom. The Balaban J connectivity index is 1.49. The normalized spacial score (nSPS) is 10.2. The molecule has 0 aliphatic carbocycles. The number of methoxy groups -OCH3 is 1. The molecule has 0 spiro atoms. The van der Waals surface area contributed by atoms with Crippen LogP contribution in [0.4, 0.5) is 15.6 Å². The monoisotopic (exact) mass is 396 g/mol. The fourth-order valence-electron chi connectivity index (χ4n) is 2.53. The highest BCUT2D eigenvalue weighted by Crippen LogP contribution is 2.18. The van der Waals surface area contributed by atoms with E-state index in [0.29, 0.717) is 23.8 Å². The molecule has 0 bridgehead atoms. The molecule has 28 heavy (non-hydrogen) atoms. The molecule has 8 heteroatoms. The summed E-state index contributed by atoms with van der Waals surface area (Å²) in [7, 11) is 1.62. The molecule has 1 aromatic heterocycles. The van der Waals surface area contributed by atoms with Gasteiger partial charge in [-0.25, -0.2) is 9.78 Å². The van der Waals surface area contributed by atoms with E-state index in [1.54, 1.807) is 24.6 Å². The molecule has 3 aromatic rings. The number of nitrogens with zero attached hydrogens (tertiary/aromatic N) is 1. The molecule has 2 aromatic carbocycles. The van der Waals surface area contributed by atoms with Crippen LogP contribution in [-0.4, -0.2) is 30.6 Å². The van der Waals surface area contributed by atoms with Crippen molar-refractivity contribution in [1.82, 2.24) is 10.3 Å². The first-order valence-corrected chi connectivity index (χ1v) is 9.52. The maximum Gasteiger partial charge on any atom is 0.325 e. The van der Waals surface area contributed by atoms with E-state index in [0.717, 1.165) is 11.3 Å². The highest BCUT2D eigenvalue weighted by Gasteiger charge is 2.12. The SMILES string of the molecule is COc1ccccc1CCNC(=O)c1csc(NC(=O)Nc2ccccc2)n1. The summed E-state index contributed by atoms with van der Waals surface area (Å²) < 4.78 is 5.30. The largest absolute Gasteiger partial charge is 0.496 e. The average molecular weight is 396 g/mol. The van der Waals surface area contributed by atoms with Gasteiger partial charge in [0.2, 0.25) is 0 Å². The van der Waals surface area contributed by atoms with Crippen LogP contribution in [0.1, 0.15) is 16.1 Å². The van der Waals surface area contributed by atoms with E-state index in [1.807, 2.05) is 42.5 Å². The van der Waals surface area contributed by atoms with E-state index in [9.17, 15) is 9.59 Å². The van der Waals surface area contributed by atoms with Crippen molar-refractivity contribution in [1.29, 1.82) is 0 Å². The lowest BCUT2D eigenvalue weighted by atomic mass is 10.1. The topological polar surface area (TPSA) is 92.4 Å². The summed E-state index contributed by atoms with van der Waals surface area (Å²) in [5.74, 6) is 0.504. The molecule has 144 valence electrons. The quantitative estimate of drug-likeness (QED) is 0.567. The van der Waals surface area contributed by atoms with E-state index in [-0.39, 0.29) is 11.6 Å². The molecule has 0 radical (unpaired) electrons. The maximum atomic E-state index is 12.3. The summed E-state index contributed by atoms with van der Waals surface area (Å²) in [5, 5.41) is 10.1. The number of nitrogens with one attached hydrogen (secondary N) is 3. The van der Waals surface area contributed by atoms with Gasteiger partial charge in [0.25, 0.3) is 5.91 Å². The van der Waals surface area contributed by atoms with Crippen LogP contribution in [0.3, 0.4) is 0 Å². The van der Waals surface area contributed by atoms with Crippen molar-refractivity contribution >= 4 is 34.1 Å². The molecule has 0 aliphatic heterocycles. The lowest BCUT2D eigenvalue weighted by Crippen LogP contribution is -2.26. The number of hydrogen-bond acceptors (Lipinski definition) is 5. The number of para-hydroxylation sites is 2. The third-order valence-corrected chi connectivity index (χ3v) is 4.62. The van der Waals surface area contributed by atoms with E-state index >= 15 is 0 Å². The first-order chi connectivity index (χ1) is 13.7. The number of thiazole rings is 1. The minimum Gasteiger partial charge on any atom is -0.496 e. The predicted octanol–water partition coefficient (Wildman–Crippen LogP) is 3.77. The van der Waals surface area contributed by atoms with Crippen LogP contribution in [0, 0.1) is 0 Å².